The highest BCUT2D eigenvalue weighted by Crippen LogP contribution is 2.08. The molecule has 0 aliphatic rings. The topological polar surface area (TPSA) is 42.7 Å². The number of carbonyl (C=O) groups excluding carboxylic acids is 1. The van der Waals surface area contributed by atoms with Crippen LogP contribution in [0.3, 0.4) is 0 Å². The Kier molecular flexibility index (Phi) is 4.37. The Morgan fingerprint density at radius 3 is 2.80 bits per heavy atom. The summed E-state index contributed by atoms with van der Waals surface area (Å²) < 4.78 is 10.2. The van der Waals surface area contributed by atoms with Gasteiger partial charge in [0.05, 0.1) is 19.7 Å². The second-order valence-electron chi connectivity index (χ2n) is 3.49. The molecule has 0 atom stereocenters. The van der Waals surface area contributed by atoms with Gasteiger partial charge in [-0.2, -0.15) is 0 Å². The summed E-state index contributed by atoms with van der Waals surface area (Å²) in [5, 5.41) is 0. The third-order valence-corrected chi connectivity index (χ3v) is 1.93. The molecule has 0 spiro atoms. The van der Waals surface area contributed by atoms with Gasteiger partial charge in [-0.1, -0.05) is 0 Å². The molecule has 0 aliphatic heterocycles. The fourth-order valence-electron chi connectivity index (χ4n) is 1.32. The number of aryl methyl sites for hydroxylation is 1. The second-order valence-corrected chi connectivity index (χ2v) is 3.49. The maximum absolute atomic E-state index is 11.2. The standard InChI is InChI=1S/C11H17NO3/c1-4-14-11(13)8-12(3)7-10-6-5-9(2)15-10/h5-6H,4,7-8H2,1-3H3. The Morgan fingerprint density at radius 1 is 1.53 bits per heavy atom. The fraction of sp³-hybridized carbons (Fsp3) is 0.545. The van der Waals surface area contributed by atoms with Crippen LogP contribution >= 0.6 is 0 Å². The van der Waals surface area contributed by atoms with Gasteiger partial charge in [0.2, 0.25) is 0 Å². The molecule has 0 radical (unpaired) electrons. The predicted octanol–water partition coefficient (Wildman–Crippen LogP) is 1.58. The van der Waals surface area contributed by atoms with Crippen molar-refractivity contribution < 1.29 is 13.9 Å². The first-order valence-corrected chi connectivity index (χ1v) is 5.01. The minimum Gasteiger partial charge on any atom is -0.465 e. The Bertz CT molecular complexity index is 319. The van der Waals surface area contributed by atoms with E-state index in [1.54, 1.807) is 6.92 Å². The van der Waals surface area contributed by atoms with Gasteiger partial charge in [0.1, 0.15) is 11.5 Å². The molecule has 0 amide bonds. The quantitative estimate of drug-likeness (QED) is 0.693. The first-order valence-electron chi connectivity index (χ1n) is 5.01. The first kappa shape index (κ1) is 11.8. The summed E-state index contributed by atoms with van der Waals surface area (Å²) in [5.41, 5.74) is 0. The van der Waals surface area contributed by atoms with Crippen LogP contribution in [0.5, 0.6) is 0 Å². The predicted molar refractivity (Wildman–Crippen MR) is 56.4 cm³/mol. The van der Waals surface area contributed by atoms with Crippen molar-refractivity contribution in [2.45, 2.75) is 20.4 Å². The Balaban J connectivity index is 2.35. The lowest BCUT2D eigenvalue weighted by molar-refractivity contribution is -0.144. The lowest BCUT2D eigenvalue weighted by atomic mass is 10.4. The van der Waals surface area contributed by atoms with Gasteiger partial charge < -0.3 is 9.15 Å². The van der Waals surface area contributed by atoms with Crippen LogP contribution in [-0.2, 0) is 16.1 Å². The highest BCUT2D eigenvalue weighted by Gasteiger charge is 2.09. The van der Waals surface area contributed by atoms with Gasteiger partial charge in [-0.15, -0.1) is 0 Å². The summed E-state index contributed by atoms with van der Waals surface area (Å²) in [6, 6.07) is 3.82. The second kappa shape index (κ2) is 5.56. The molecule has 1 heterocycles. The van der Waals surface area contributed by atoms with Crippen LogP contribution in [-0.4, -0.2) is 31.1 Å². The number of hydrogen-bond donors (Lipinski definition) is 0. The monoisotopic (exact) mass is 211 g/mol. The first-order chi connectivity index (χ1) is 7.11. The summed E-state index contributed by atoms with van der Waals surface area (Å²) in [6.45, 7) is 5.02. The molecule has 1 aromatic rings. The zero-order valence-corrected chi connectivity index (χ0v) is 9.45. The zero-order chi connectivity index (χ0) is 11.3. The molecule has 0 N–H and O–H groups in total. The number of likely N-dealkylation sites (N-methyl/N-ethyl adjacent to an activating group) is 1. The van der Waals surface area contributed by atoms with Crippen molar-refractivity contribution in [3.05, 3.63) is 23.7 Å². The van der Waals surface area contributed by atoms with Crippen LogP contribution in [0.15, 0.2) is 16.5 Å². The van der Waals surface area contributed by atoms with Crippen LogP contribution in [0.1, 0.15) is 18.4 Å². The molecule has 0 aromatic carbocycles. The number of ether oxygens (including phenoxy) is 1. The van der Waals surface area contributed by atoms with Crippen LogP contribution in [0.25, 0.3) is 0 Å². The SMILES string of the molecule is CCOC(=O)CN(C)Cc1ccc(C)o1. The van der Waals surface area contributed by atoms with Crippen molar-refractivity contribution in [3.63, 3.8) is 0 Å². The molecule has 4 nitrogen and oxygen atoms in total. The summed E-state index contributed by atoms with van der Waals surface area (Å²) >= 11 is 0. The van der Waals surface area contributed by atoms with Gasteiger partial charge in [0.15, 0.2) is 0 Å². The van der Waals surface area contributed by atoms with Gasteiger partial charge in [0, 0.05) is 0 Å². The third kappa shape index (κ3) is 4.16. The Morgan fingerprint density at radius 2 is 2.27 bits per heavy atom. The fourth-order valence-corrected chi connectivity index (χ4v) is 1.32. The summed E-state index contributed by atoms with van der Waals surface area (Å²) in [7, 11) is 1.86. The molecule has 0 bridgehead atoms. The smallest absolute Gasteiger partial charge is 0.320 e. The van der Waals surface area contributed by atoms with E-state index in [-0.39, 0.29) is 12.5 Å². The van der Waals surface area contributed by atoms with Crippen molar-refractivity contribution >= 4 is 5.97 Å². The minimum absolute atomic E-state index is 0.205. The maximum Gasteiger partial charge on any atom is 0.320 e. The van der Waals surface area contributed by atoms with Crippen LogP contribution in [0.4, 0.5) is 0 Å². The molecule has 1 aromatic heterocycles. The number of esters is 1. The number of rotatable bonds is 5. The van der Waals surface area contributed by atoms with Crippen molar-refractivity contribution in [1.29, 1.82) is 0 Å². The normalized spacial score (nSPS) is 10.7. The molecular formula is C11H17NO3. The largest absolute Gasteiger partial charge is 0.465 e. The molecular weight excluding hydrogens is 194 g/mol. The van der Waals surface area contributed by atoms with E-state index < -0.39 is 0 Å². The van der Waals surface area contributed by atoms with Gasteiger partial charge in [-0.05, 0) is 33.0 Å². The Hall–Kier alpha value is -1.29. The zero-order valence-electron chi connectivity index (χ0n) is 9.45. The summed E-state index contributed by atoms with van der Waals surface area (Å²) in [6.07, 6.45) is 0. The van der Waals surface area contributed by atoms with E-state index in [9.17, 15) is 4.79 Å². The molecule has 1 rings (SSSR count). The van der Waals surface area contributed by atoms with Crippen molar-refractivity contribution in [3.8, 4) is 0 Å². The molecule has 0 saturated heterocycles. The van der Waals surface area contributed by atoms with E-state index in [1.165, 1.54) is 0 Å². The van der Waals surface area contributed by atoms with Gasteiger partial charge in [-0.25, -0.2) is 0 Å². The van der Waals surface area contributed by atoms with E-state index in [1.807, 2.05) is 31.0 Å². The highest BCUT2D eigenvalue weighted by molar-refractivity contribution is 5.71. The number of nitrogens with zero attached hydrogens (tertiary/aromatic N) is 1. The molecule has 0 unspecified atom stereocenters. The van der Waals surface area contributed by atoms with E-state index in [0.717, 1.165) is 11.5 Å². The van der Waals surface area contributed by atoms with Crippen molar-refractivity contribution in [1.82, 2.24) is 4.90 Å². The molecule has 4 heteroatoms. The van der Waals surface area contributed by atoms with E-state index in [2.05, 4.69) is 0 Å². The number of carbonyl (C=O) groups is 1. The average Bonchev–Trinajstić information content (AvgIpc) is 2.51. The van der Waals surface area contributed by atoms with Gasteiger partial charge >= 0.3 is 5.97 Å². The Labute approximate surface area is 89.8 Å². The number of furan rings is 1. The third-order valence-electron chi connectivity index (χ3n) is 1.93. The van der Waals surface area contributed by atoms with E-state index in [0.29, 0.717) is 13.2 Å². The van der Waals surface area contributed by atoms with E-state index in [4.69, 9.17) is 9.15 Å². The van der Waals surface area contributed by atoms with Gasteiger partial charge in [0.25, 0.3) is 0 Å². The molecule has 0 fully saturated rings. The highest BCUT2D eigenvalue weighted by atomic mass is 16.5. The van der Waals surface area contributed by atoms with Gasteiger partial charge in [-0.3, -0.25) is 9.69 Å². The average molecular weight is 211 g/mol. The summed E-state index contributed by atoms with van der Waals surface area (Å²) in [5.74, 6) is 1.54. The molecule has 84 valence electrons. The molecule has 0 saturated carbocycles. The molecule has 0 aliphatic carbocycles. The van der Waals surface area contributed by atoms with Crippen molar-refractivity contribution in [2.75, 3.05) is 20.2 Å². The van der Waals surface area contributed by atoms with Crippen LogP contribution in [0, 0.1) is 6.92 Å². The van der Waals surface area contributed by atoms with Crippen LogP contribution in [0.2, 0.25) is 0 Å². The number of hydrogen-bond acceptors (Lipinski definition) is 4. The van der Waals surface area contributed by atoms with E-state index >= 15 is 0 Å². The maximum atomic E-state index is 11.2. The summed E-state index contributed by atoms with van der Waals surface area (Å²) in [4.78, 5) is 13.0. The minimum atomic E-state index is -0.205. The van der Waals surface area contributed by atoms with Crippen molar-refractivity contribution in [2.24, 2.45) is 0 Å². The lowest BCUT2D eigenvalue weighted by Gasteiger charge is -2.13. The molecule has 15 heavy (non-hydrogen) atoms. The van der Waals surface area contributed by atoms with Crippen LogP contribution < -0.4 is 0 Å². The lowest BCUT2D eigenvalue weighted by Crippen LogP contribution is -2.26.